The number of piperidine rings is 1. The minimum Gasteiger partial charge on any atom is -0.310 e. The Morgan fingerprint density at radius 1 is 1.15 bits per heavy atom. The maximum absolute atomic E-state index is 5.31. The molecular formula is C25H38N2. The summed E-state index contributed by atoms with van der Waals surface area (Å²) in [6.45, 7) is 19.2. The average molecular weight is 367 g/mol. The SMILES string of the molecule is C#C/C=C\C(=C/C)CN1CCC(NCC(=C)/C=C\C(=C/C)C(C)(C)C)CC1. The Morgan fingerprint density at radius 2 is 1.81 bits per heavy atom. The van der Waals surface area contributed by atoms with Gasteiger partial charge in [-0.1, -0.05) is 57.6 Å². The van der Waals surface area contributed by atoms with Crippen LogP contribution in [0.3, 0.4) is 0 Å². The second-order valence-electron chi connectivity index (χ2n) is 8.28. The summed E-state index contributed by atoms with van der Waals surface area (Å²) in [5, 5.41) is 3.67. The summed E-state index contributed by atoms with van der Waals surface area (Å²) >= 11 is 0. The molecule has 1 aliphatic heterocycles. The molecule has 0 spiro atoms. The van der Waals surface area contributed by atoms with Gasteiger partial charge in [0.25, 0.3) is 0 Å². The molecule has 0 bridgehead atoms. The van der Waals surface area contributed by atoms with E-state index >= 15 is 0 Å². The van der Waals surface area contributed by atoms with Crippen molar-refractivity contribution in [2.75, 3.05) is 26.2 Å². The van der Waals surface area contributed by atoms with Gasteiger partial charge in [-0.05, 0) is 74.1 Å². The Balaban J connectivity index is 2.38. The molecule has 0 amide bonds. The minimum atomic E-state index is 0.174. The molecule has 0 saturated carbocycles. The van der Waals surface area contributed by atoms with Gasteiger partial charge in [0.15, 0.2) is 0 Å². The lowest BCUT2D eigenvalue weighted by atomic mass is 9.86. The first-order valence-corrected chi connectivity index (χ1v) is 10.1. The lowest BCUT2D eigenvalue weighted by Gasteiger charge is -2.32. The third-order valence-corrected chi connectivity index (χ3v) is 5.05. The lowest BCUT2D eigenvalue weighted by molar-refractivity contribution is 0.215. The molecule has 0 aromatic heterocycles. The van der Waals surface area contributed by atoms with Crippen LogP contribution < -0.4 is 5.32 Å². The van der Waals surface area contributed by atoms with Crippen molar-refractivity contribution in [3.8, 4) is 12.3 Å². The molecule has 1 saturated heterocycles. The van der Waals surface area contributed by atoms with Crippen molar-refractivity contribution in [1.29, 1.82) is 0 Å². The third kappa shape index (κ3) is 9.09. The Hall–Kier alpha value is -1.82. The highest BCUT2D eigenvalue weighted by atomic mass is 15.1. The summed E-state index contributed by atoms with van der Waals surface area (Å²) in [5.41, 5.74) is 3.94. The molecule has 2 heteroatoms. The van der Waals surface area contributed by atoms with Crippen molar-refractivity contribution in [3.05, 3.63) is 59.8 Å². The van der Waals surface area contributed by atoms with Gasteiger partial charge in [-0.2, -0.15) is 0 Å². The maximum atomic E-state index is 5.31. The molecular weight excluding hydrogens is 328 g/mol. The molecule has 2 nitrogen and oxygen atoms in total. The first-order chi connectivity index (χ1) is 12.8. The number of rotatable bonds is 8. The van der Waals surface area contributed by atoms with Crippen molar-refractivity contribution in [2.45, 2.75) is 53.5 Å². The fraction of sp³-hybridized carbons (Fsp3) is 0.520. The smallest absolute Gasteiger partial charge is 0.0230 e. The molecule has 0 aromatic carbocycles. The zero-order valence-electron chi connectivity index (χ0n) is 18.0. The highest BCUT2D eigenvalue weighted by molar-refractivity contribution is 5.30. The van der Waals surface area contributed by atoms with Crippen molar-refractivity contribution >= 4 is 0 Å². The number of likely N-dealkylation sites (tertiary alicyclic amines) is 1. The van der Waals surface area contributed by atoms with E-state index in [-0.39, 0.29) is 5.41 Å². The second-order valence-corrected chi connectivity index (χ2v) is 8.28. The quantitative estimate of drug-likeness (QED) is 0.464. The molecule has 1 aliphatic rings. The predicted molar refractivity (Wildman–Crippen MR) is 121 cm³/mol. The van der Waals surface area contributed by atoms with Gasteiger partial charge in [0, 0.05) is 19.1 Å². The summed E-state index contributed by atoms with van der Waals surface area (Å²) in [5.74, 6) is 2.57. The number of terminal acetylenes is 1. The van der Waals surface area contributed by atoms with Crippen LogP contribution in [0, 0.1) is 17.8 Å². The van der Waals surface area contributed by atoms with E-state index in [0.717, 1.165) is 31.8 Å². The molecule has 1 fully saturated rings. The van der Waals surface area contributed by atoms with Crippen LogP contribution in [0.1, 0.15) is 47.5 Å². The monoisotopic (exact) mass is 366 g/mol. The van der Waals surface area contributed by atoms with E-state index in [4.69, 9.17) is 6.42 Å². The summed E-state index contributed by atoms with van der Waals surface area (Å²) in [6, 6.07) is 0.575. The van der Waals surface area contributed by atoms with E-state index < -0.39 is 0 Å². The van der Waals surface area contributed by atoms with Crippen LogP contribution in [0.2, 0.25) is 0 Å². The summed E-state index contributed by atoms with van der Waals surface area (Å²) in [4.78, 5) is 2.50. The maximum Gasteiger partial charge on any atom is 0.0230 e. The van der Waals surface area contributed by atoms with Crippen LogP contribution in [0.4, 0.5) is 0 Å². The lowest BCUT2D eigenvalue weighted by Crippen LogP contribution is -2.43. The Kier molecular flexibility index (Phi) is 10.1. The van der Waals surface area contributed by atoms with Gasteiger partial charge in [-0.3, -0.25) is 4.90 Å². The number of allylic oxidation sites excluding steroid dienone is 5. The van der Waals surface area contributed by atoms with E-state index in [2.05, 4.69) is 81.6 Å². The zero-order chi connectivity index (χ0) is 20.3. The van der Waals surface area contributed by atoms with E-state index in [1.165, 1.54) is 24.0 Å². The molecule has 0 unspecified atom stereocenters. The Morgan fingerprint density at radius 3 is 2.33 bits per heavy atom. The van der Waals surface area contributed by atoms with Gasteiger partial charge in [-0.15, -0.1) is 6.42 Å². The molecule has 0 aliphatic carbocycles. The third-order valence-electron chi connectivity index (χ3n) is 5.05. The highest BCUT2D eigenvalue weighted by Gasteiger charge is 2.19. The standard InChI is InChI=1S/C25H38N2/c1-8-11-12-22(9-2)20-27-17-15-24(16-18-27)26-19-21(4)13-14-23(10-3)25(5,6)7/h1,9-14,24,26H,4,15-20H2,2-3,5-7H3/b12-11-,14-13-,22-9+,23-10+. The van der Waals surface area contributed by atoms with Crippen LogP contribution in [-0.2, 0) is 0 Å². The number of hydrogen-bond donors (Lipinski definition) is 1. The van der Waals surface area contributed by atoms with E-state index in [1.54, 1.807) is 6.08 Å². The summed E-state index contributed by atoms with van der Waals surface area (Å²) in [6.07, 6.45) is 20.2. The topological polar surface area (TPSA) is 15.3 Å². The van der Waals surface area contributed by atoms with Gasteiger partial charge in [-0.25, -0.2) is 0 Å². The Labute approximate surface area is 167 Å². The van der Waals surface area contributed by atoms with Crippen LogP contribution in [0.25, 0.3) is 0 Å². The fourth-order valence-corrected chi connectivity index (χ4v) is 3.27. The van der Waals surface area contributed by atoms with Crippen molar-refractivity contribution < 1.29 is 0 Å². The zero-order valence-corrected chi connectivity index (χ0v) is 18.0. The normalized spacial score (nSPS) is 18.4. The van der Waals surface area contributed by atoms with Crippen LogP contribution in [-0.4, -0.2) is 37.1 Å². The van der Waals surface area contributed by atoms with Crippen molar-refractivity contribution in [2.24, 2.45) is 5.41 Å². The number of nitrogens with one attached hydrogen (secondary N) is 1. The molecule has 0 atom stereocenters. The summed E-state index contributed by atoms with van der Waals surface area (Å²) < 4.78 is 0. The first-order valence-electron chi connectivity index (χ1n) is 10.1. The van der Waals surface area contributed by atoms with Gasteiger partial charge in [0.05, 0.1) is 0 Å². The molecule has 0 aromatic rings. The summed E-state index contributed by atoms with van der Waals surface area (Å²) in [7, 11) is 0. The van der Waals surface area contributed by atoms with Gasteiger partial charge in [0.1, 0.15) is 0 Å². The minimum absolute atomic E-state index is 0.174. The van der Waals surface area contributed by atoms with Crippen molar-refractivity contribution in [1.82, 2.24) is 10.2 Å². The van der Waals surface area contributed by atoms with Gasteiger partial charge in [0.2, 0.25) is 0 Å². The van der Waals surface area contributed by atoms with E-state index in [9.17, 15) is 0 Å². The Bertz CT molecular complexity index is 624. The average Bonchev–Trinajstić information content (AvgIpc) is 2.63. The number of hydrogen-bond acceptors (Lipinski definition) is 2. The fourth-order valence-electron chi connectivity index (χ4n) is 3.27. The molecule has 0 radical (unpaired) electrons. The van der Waals surface area contributed by atoms with Crippen LogP contribution >= 0.6 is 0 Å². The van der Waals surface area contributed by atoms with Gasteiger partial charge < -0.3 is 5.32 Å². The van der Waals surface area contributed by atoms with Crippen LogP contribution in [0.15, 0.2) is 59.8 Å². The van der Waals surface area contributed by atoms with Crippen LogP contribution in [0.5, 0.6) is 0 Å². The molecule has 148 valence electrons. The number of nitrogens with zero attached hydrogens (tertiary/aromatic N) is 1. The molecule has 1 rings (SSSR count). The van der Waals surface area contributed by atoms with E-state index in [0.29, 0.717) is 6.04 Å². The molecule has 1 heterocycles. The van der Waals surface area contributed by atoms with Crippen molar-refractivity contribution in [3.63, 3.8) is 0 Å². The second kappa shape index (κ2) is 11.8. The molecule has 27 heavy (non-hydrogen) atoms. The predicted octanol–water partition coefficient (Wildman–Crippen LogP) is 5.28. The largest absolute Gasteiger partial charge is 0.310 e. The van der Waals surface area contributed by atoms with E-state index in [1.807, 2.05) is 6.08 Å². The highest BCUT2D eigenvalue weighted by Crippen LogP contribution is 2.26. The molecule has 1 N–H and O–H groups in total. The van der Waals surface area contributed by atoms with Gasteiger partial charge >= 0.3 is 0 Å². The first kappa shape index (κ1) is 23.2.